The number of rotatable bonds is 4. The molecule has 23 heavy (non-hydrogen) atoms. The van der Waals surface area contributed by atoms with Gasteiger partial charge in [0.1, 0.15) is 0 Å². The highest BCUT2D eigenvalue weighted by atomic mass is 16.3. The lowest BCUT2D eigenvalue weighted by Crippen LogP contribution is -2.39. The molecule has 2 heterocycles. The third-order valence-corrected chi connectivity index (χ3v) is 4.38. The molecule has 0 radical (unpaired) electrons. The van der Waals surface area contributed by atoms with Crippen molar-refractivity contribution in [2.45, 2.75) is 31.7 Å². The van der Waals surface area contributed by atoms with E-state index >= 15 is 0 Å². The van der Waals surface area contributed by atoms with Crippen LogP contribution in [0.1, 0.15) is 36.0 Å². The molecule has 2 atom stereocenters. The Morgan fingerprint density at radius 2 is 2.04 bits per heavy atom. The SMILES string of the molecule is O=C(NC1CCCC(CO)C1)c1cccnc1-c1ccncc1. The summed E-state index contributed by atoms with van der Waals surface area (Å²) in [5, 5.41) is 12.4. The first-order valence-electron chi connectivity index (χ1n) is 8.05. The molecule has 0 spiro atoms. The van der Waals surface area contributed by atoms with E-state index in [1.54, 1.807) is 30.7 Å². The number of nitrogens with zero attached hydrogens (tertiary/aromatic N) is 2. The fraction of sp³-hybridized carbons (Fsp3) is 0.389. The second kappa shape index (κ2) is 7.33. The lowest BCUT2D eigenvalue weighted by Gasteiger charge is -2.28. The normalized spacial score (nSPS) is 20.9. The summed E-state index contributed by atoms with van der Waals surface area (Å²) >= 11 is 0. The van der Waals surface area contributed by atoms with Crippen LogP contribution in [0, 0.1) is 5.92 Å². The van der Waals surface area contributed by atoms with Gasteiger partial charge in [0.2, 0.25) is 0 Å². The van der Waals surface area contributed by atoms with Crippen molar-refractivity contribution in [3.05, 3.63) is 48.4 Å². The number of hydrogen-bond acceptors (Lipinski definition) is 4. The summed E-state index contributed by atoms with van der Waals surface area (Å²) in [5.74, 6) is 0.191. The molecule has 3 rings (SSSR count). The maximum atomic E-state index is 12.7. The molecule has 0 aromatic carbocycles. The molecule has 2 aromatic heterocycles. The highest BCUT2D eigenvalue weighted by Crippen LogP contribution is 2.25. The van der Waals surface area contributed by atoms with Gasteiger partial charge in [-0.15, -0.1) is 0 Å². The number of carbonyl (C=O) groups excluding carboxylic acids is 1. The average molecular weight is 311 g/mol. The molecule has 1 fully saturated rings. The maximum Gasteiger partial charge on any atom is 0.253 e. The number of aromatic nitrogens is 2. The molecule has 1 aliphatic rings. The van der Waals surface area contributed by atoms with E-state index in [0.717, 1.165) is 31.2 Å². The van der Waals surface area contributed by atoms with E-state index in [-0.39, 0.29) is 18.6 Å². The first-order valence-corrected chi connectivity index (χ1v) is 8.05. The third-order valence-electron chi connectivity index (χ3n) is 4.38. The van der Waals surface area contributed by atoms with Crippen LogP contribution >= 0.6 is 0 Å². The quantitative estimate of drug-likeness (QED) is 0.909. The van der Waals surface area contributed by atoms with E-state index in [4.69, 9.17) is 0 Å². The molecule has 2 N–H and O–H groups in total. The van der Waals surface area contributed by atoms with Crippen LogP contribution in [0.3, 0.4) is 0 Å². The Kier molecular flexibility index (Phi) is 4.98. The first-order chi connectivity index (χ1) is 11.3. The molecule has 5 heteroatoms. The Morgan fingerprint density at radius 3 is 2.83 bits per heavy atom. The summed E-state index contributed by atoms with van der Waals surface area (Å²) in [7, 11) is 0. The van der Waals surface area contributed by atoms with Gasteiger partial charge in [-0.2, -0.15) is 0 Å². The van der Waals surface area contributed by atoms with Crippen molar-refractivity contribution in [3.8, 4) is 11.3 Å². The number of aliphatic hydroxyl groups excluding tert-OH is 1. The van der Waals surface area contributed by atoms with Gasteiger partial charge in [-0.25, -0.2) is 0 Å². The molecule has 5 nitrogen and oxygen atoms in total. The topological polar surface area (TPSA) is 75.1 Å². The van der Waals surface area contributed by atoms with Crippen molar-refractivity contribution in [2.24, 2.45) is 5.92 Å². The Morgan fingerprint density at radius 1 is 1.22 bits per heavy atom. The predicted molar refractivity (Wildman–Crippen MR) is 87.8 cm³/mol. The first kappa shape index (κ1) is 15.6. The summed E-state index contributed by atoms with van der Waals surface area (Å²) in [4.78, 5) is 21.0. The fourth-order valence-corrected chi connectivity index (χ4v) is 3.18. The summed E-state index contributed by atoms with van der Waals surface area (Å²) in [6.07, 6.45) is 8.96. The van der Waals surface area contributed by atoms with E-state index in [9.17, 15) is 9.90 Å². The number of pyridine rings is 2. The number of nitrogens with one attached hydrogen (secondary N) is 1. The van der Waals surface area contributed by atoms with Gasteiger partial charge >= 0.3 is 0 Å². The van der Waals surface area contributed by atoms with Crippen molar-refractivity contribution in [2.75, 3.05) is 6.61 Å². The predicted octanol–water partition coefficient (Wildman–Crippen LogP) is 2.42. The molecule has 1 aliphatic carbocycles. The van der Waals surface area contributed by atoms with Crippen LogP contribution in [0.4, 0.5) is 0 Å². The lowest BCUT2D eigenvalue weighted by atomic mass is 9.86. The minimum atomic E-state index is -0.103. The van der Waals surface area contributed by atoms with Crippen LogP contribution in [0.5, 0.6) is 0 Å². The zero-order valence-electron chi connectivity index (χ0n) is 13.0. The molecular formula is C18H21N3O2. The molecule has 0 aliphatic heterocycles. The van der Waals surface area contributed by atoms with Crippen molar-refractivity contribution in [1.82, 2.24) is 15.3 Å². The molecule has 0 bridgehead atoms. The highest BCUT2D eigenvalue weighted by Gasteiger charge is 2.24. The zero-order valence-corrected chi connectivity index (χ0v) is 13.0. The van der Waals surface area contributed by atoms with E-state index in [0.29, 0.717) is 17.2 Å². The van der Waals surface area contributed by atoms with Gasteiger partial charge in [-0.05, 0) is 49.4 Å². The van der Waals surface area contributed by atoms with Crippen molar-refractivity contribution < 1.29 is 9.90 Å². The Balaban J connectivity index is 1.78. The highest BCUT2D eigenvalue weighted by molar-refractivity contribution is 5.99. The van der Waals surface area contributed by atoms with Crippen LogP contribution in [0.15, 0.2) is 42.9 Å². The van der Waals surface area contributed by atoms with Gasteiger partial charge in [-0.1, -0.05) is 6.42 Å². The van der Waals surface area contributed by atoms with E-state index < -0.39 is 0 Å². The van der Waals surface area contributed by atoms with Gasteiger partial charge in [0.15, 0.2) is 0 Å². The molecule has 2 unspecified atom stereocenters. The van der Waals surface area contributed by atoms with E-state index in [1.807, 2.05) is 12.1 Å². The molecular weight excluding hydrogens is 290 g/mol. The summed E-state index contributed by atoms with van der Waals surface area (Å²) in [5.41, 5.74) is 2.12. The number of hydrogen-bond donors (Lipinski definition) is 2. The maximum absolute atomic E-state index is 12.7. The average Bonchev–Trinajstić information content (AvgIpc) is 2.62. The van der Waals surface area contributed by atoms with Gasteiger partial charge in [0.05, 0.1) is 11.3 Å². The summed E-state index contributed by atoms with van der Waals surface area (Å²) < 4.78 is 0. The largest absolute Gasteiger partial charge is 0.396 e. The molecule has 2 aromatic rings. The Labute approximate surface area is 135 Å². The van der Waals surface area contributed by atoms with Crippen LogP contribution in [0.25, 0.3) is 11.3 Å². The van der Waals surface area contributed by atoms with E-state index in [1.165, 1.54) is 0 Å². The van der Waals surface area contributed by atoms with Crippen LogP contribution in [0.2, 0.25) is 0 Å². The second-order valence-corrected chi connectivity index (χ2v) is 6.02. The van der Waals surface area contributed by atoms with Crippen LogP contribution in [-0.2, 0) is 0 Å². The number of amides is 1. The fourth-order valence-electron chi connectivity index (χ4n) is 3.18. The molecule has 0 saturated heterocycles. The minimum Gasteiger partial charge on any atom is -0.396 e. The molecule has 1 saturated carbocycles. The third kappa shape index (κ3) is 3.74. The van der Waals surface area contributed by atoms with Crippen LogP contribution in [-0.4, -0.2) is 33.6 Å². The smallest absolute Gasteiger partial charge is 0.253 e. The number of carbonyl (C=O) groups is 1. The summed E-state index contributed by atoms with van der Waals surface area (Å²) in [6, 6.07) is 7.39. The Hall–Kier alpha value is -2.27. The van der Waals surface area contributed by atoms with Gasteiger partial charge in [0, 0.05) is 36.8 Å². The minimum absolute atomic E-state index is 0.103. The summed E-state index contributed by atoms with van der Waals surface area (Å²) in [6.45, 7) is 0.196. The standard InChI is InChI=1S/C18H21N3O2/c22-12-13-3-1-4-15(11-13)21-18(23)16-5-2-8-20-17(16)14-6-9-19-10-7-14/h2,5-10,13,15,22H,1,3-4,11-12H2,(H,21,23). The number of aliphatic hydroxyl groups is 1. The van der Waals surface area contributed by atoms with Gasteiger partial charge in [-0.3, -0.25) is 14.8 Å². The van der Waals surface area contributed by atoms with Crippen molar-refractivity contribution in [3.63, 3.8) is 0 Å². The second-order valence-electron chi connectivity index (χ2n) is 6.02. The van der Waals surface area contributed by atoms with Crippen molar-refractivity contribution >= 4 is 5.91 Å². The van der Waals surface area contributed by atoms with Crippen LogP contribution < -0.4 is 5.32 Å². The van der Waals surface area contributed by atoms with E-state index in [2.05, 4.69) is 15.3 Å². The zero-order chi connectivity index (χ0) is 16.1. The van der Waals surface area contributed by atoms with Gasteiger partial charge in [0.25, 0.3) is 5.91 Å². The Bertz CT molecular complexity index is 660. The van der Waals surface area contributed by atoms with Crippen molar-refractivity contribution in [1.29, 1.82) is 0 Å². The molecule has 120 valence electrons. The monoisotopic (exact) mass is 311 g/mol. The molecule has 1 amide bonds. The lowest BCUT2D eigenvalue weighted by molar-refractivity contribution is 0.0906. The van der Waals surface area contributed by atoms with Gasteiger partial charge < -0.3 is 10.4 Å².